The summed E-state index contributed by atoms with van der Waals surface area (Å²) in [7, 11) is 0. The zero-order valence-electron chi connectivity index (χ0n) is 19.1. The number of aromatic amines is 1. The Hall–Kier alpha value is -4.38. The number of rotatable bonds is 8. The maximum Gasteiger partial charge on any atom is 0.407 e. The van der Waals surface area contributed by atoms with E-state index in [0.29, 0.717) is 18.7 Å². The molecule has 0 aliphatic heterocycles. The van der Waals surface area contributed by atoms with Crippen LogP contribution in [0.1, 0.15) is 25.0 Å². The van der Waals surface area contributed by atoms with Crippen LogP contribution >= 0.6 is 0 Å². The van der Waals surface area contributed by atoms with Crippen LogP contribution in [0.5, 0.6) is 0 Å². The number of carbonyl (C=O) groups excluding carboxylic acids is 1. The van der Waals surface area contributed by atoms with Crippen LogP contribution < -0.4 is 10.6 Å². The number of alkyl carbamates (subject to hydrolysis) is 1. The van der Waals surface area contributed by atoms with Gasteiger partial charge in [-0.1, -0.05) is 30.3 Å². The molecule has 34 heavy (non-hydrogen) atoms. The van der Waals surface area contributed by atoms with Crippen LogP contribution in [0.3, 0.4) is 0 Å². The highest BCUT2D eigenvalue weighted by Crippen LogP contribution is 2.33. The number of carbonyl (C=O) groups is 1. The highest BCUT2D eigenvalue weighted by atomic mass is 16.5. The molecule has 0 saturated carbocycles. The van der Waals surface area contributed by atoms with Gasteiger partial charge in [0.05, 0.1) is 17.7 Å². The number of benzene rings is 2. The Balaban J connectivity index is 1.44. The third-order valence-electron chi connectivity index (χ3n) is 5.54. The summed E-state index contributed by atoms with van der Waals surface area (Å²) in [6.45, 7) is 4.88. The number of amides is 1. The average molecular weight is 455 g/mol. The number of hydrogen-bond acceptors (Lipinski definition) is 6. The van der Waals surface area contributed by atoms with Gasteiger partial charge in [-0.3, -0.25) is 5.10 Å². The van der Waals surface area contributed by atoms with Crippen molar-refractivity contribution in [3.63, 3.8) is 0 Å². The first-order valence-electron chi connectivity index (χ1n) is 11.0. The molecular weight excluding hydrogens is 428 g/mol. The molecule has 8 nitrogen and oxygen atoms in total. The van der Waals surface area contributed by atoms with Gasteiger partial charge in [-0.25, -0.2) is 9.78 Å². The number of aromatic nitrogens is 3. The minimum Gasteiger partial charge on any atom is -0.445 e. The zero-order valence-corrected chi connectivity index (χ0v) is 19.1. The molecule has 0 atom stereocenters. The van der Waals surface area contributed by atoms with Gasteiger partial charge in [-0.2, -0.15) is 10.4 Å². The second kappa shape index (κ2) is 10.0. The smallest absolute Gasteiger partial charge is 0.407 e. The molecule has 0 saturated heterocycles. The molecule has 8 heteroatoms. The molecule has 2 aromatic carbocycles. The highest BCUT2D eigenvalue weighted by Gasteiger charge is 2.22. The van der Waals surface area contributed by atoms with E-state index in [1.54, 1.807) is 12.4 Å². The van der Waals surface area contributed by atoms with Gasteiger partial charge < -0.3 is 15.4 Å². The number of anilines is 1. The molecule has 3 N–H and O–H groups in total. The SMILES string of the molecule is CC(C)(C#N)c1cc(NCCNC(=O)OCc2ccccc2)cc(-c2ccnc3[nH]ncc23)c1. The van der Waals surface area contributed by atoms with Crippen molar-refractivity contribution in [2.75, 3.05) is 18.4 Å². The van der Waals surface area contributed by atoms with E-state index in [4.69, 9.17) is 4.74 Å². The second-order valence-electron chi connectivity index (χ2n) is 8.44. The first-order chi connectivity index (χ1) is 16.5. The molecule has 1 amide bonds. The van der Waals surface area contributed by atoms with Crippen LogP contribution in [-0.2, 0) is 16.8 Å². The number of fused-ring (bicyclic) bond motifs is 1. The minimum absolute atomic E-state index is 0.225. The molecule has 2 aromatic heterocycles. The summed E-state index contributed by atoms with van der Waals surface area (Å²) >= 11 is 0. The Morgan fingerprint density at radius 3 is 2.76 bits per heavy atom. The number of nitrogens with zero attached hydrogens (tertiary/aromatic N) is 3. The molecule has 0 aliphatic carbocycles. The lowest BCUT2D eigenvalue weighted by Gasteiger charge is -2.20. The number of nitriles is 1. The molecule has 0 fully saturated rings. The predicted octanol–water partition coefficient (Wildman–Crippen LogP) is 4.76. The maximum atomic E-state index is 12.0. The van der Waals surface area contributed by atoms with E-state index in [9.17, 15) is 10.1 Å². The molecule has 0 unspecified atom stereocenters. The highest BCUT2D eigenvalue weighted by molar-refractivity contribution is 5.92. The maximum absolute atomic E-state index is 12.0. The van der Waals surface area contributed by atoms with Crippen molar-refractivity contribution >= 4 is 22.8 Å². The molecule has 4 rings (SSSR count). The van der Waals surface area contributed by atoms with Crippen LogP contribution in [0.15, 0.2) is 67.0 Å². The number of hydrogen-bond donors (Lipinski definition) is 3. The van der Waals surface area contributed by atoms with Gasteiger partial charge in [-0.05, 0) is 60.4 Å². The fourth-order valence-corrected chi connectivity index (χ4v) is 3.56. The number of ether oxygens (including phenoxy) is 1. The Morgan fingerprint density at radius 1 is 1.15 bits per heavy atom. The van der Waals surface area contributed by atoms with E-state index >= 15 is 0 Å². The van der Waals surface area contributed by atoms with Gasteiger partial charge in [0, 0.05) is 30.4 Å². The van der Waals surface area contributed by atoms with Crippen molar-refractivity contribution in [3.05, 3.63) is 78.1 Å². The monoisotopic (exact) mass is 454 g/mol. The van der Waals surface area contributed by atoms with Gasteiger partial charge >= 0.3 is 6.09 Å². The molecule has 172 valence electrons. The van der Waals surface area contributed by atoms with E-state index in [1.807, 2.05) is 68.4 Å². The number of nitrogens with one attached hydrogen (secondary N) is 3. The zero-order chi connectivity index (χ0) is 24.0. The molecule has 0 aliphatic rings. The lowest BCUT2D eigenvalue weighted by molar-refractivity contribution is 0.140. The standard InChI is InChI=1S/C26H26N6O2/c1-26(2,17-27)20-12-19(22-8-9-29-24-23(22)15-31-32-24)13-21(14-20)28-10-11-30-25(33)34-16-18-6-4-3-5-7-18/h3-9,12-15,28H,10-11,16H2,1-2H3,(H,30,33)(H,29,31,32). The predicted molar refractivity (Wildman–Crippen MR) is 131 cm³/mol. The summed E-state index contributed by atoms with van der Waals surface area (Å²) in [6, 6.07) is 19.9. The van der Waals surface area contributed by atoms with Crippen molar-refractivity contribution < 1.29 is 9.53 Å². The molecule has 0 bridgehead atoms. The third-order valence-corrected chi connectivity index (χ3v) is 5.54. The Bertz CT molecular complexity index is 1320. The van der Waals surface area contributed by atoms with E-state index < -0.39 is 11.5 Å². The quantitative estimate of drug-likeness (QED) is 0.331. The van der Waals surface area contributed by atoms with Crippen molar-refractivity contribution in [2.45, 2.75) is 25.9 Å². The van der Waals surface area contributed by atoms with E-state index in [1.165, 1.54) is 0 Å². The summed E-state index contributed by atoms with van der Waals surface area (Å²) in [5, 5.41) is 23.7. The topological polar surface area (TPSA) is 116 Å². The van der Waals surface area contributed by atoms with Crippen LogP contribution in [-0.4, -0.2) is 34.4 Å². The van der Waals surface area contributed by atoms with Crippen molar-refractivity contribution in [2.24, 2.45) is 0 Å². The lowest BCUT2D eigenvalue weighted by Crippen LogP contribution is -2.29. The summed E-state index contributed by atoms with van der Waals surface area (Å²) in [4.78, 5) is 16.3. The summed E-state index contributed by atoms with van der Waals surface area (Å²) in [5.74, 6) is 0. The van der Waals surface area contributed by atoms with E-state index in [0.717, 1.165) is 33.3 Å². The molecule has 0 spiro atoms. The first-order valence-corrected chi connectivity index (χ1v) is 11.0. The van der Waals surface area contributed by atoms with Gasteiger partial charge in [0.1, 0.15) is 6.61 Å². The van der Waals surface area contributed by atoms with Crippen LogP contribution in [0, 0.1) is 11.3 Å². The van der Waals surface area contributed by atoms with Crippen LogP contribution in [0.25, 0.3) is 22.2 Å². The largest absolute Gasteiger partial charge is 0.445 e. The van der Waals surface area contributed by atoms with Crippen molar-refractivity contribution in [1.29, 1.82) is 5.26 Å². The average Bonchev–Trinajstić information content (AvgIpc) is 3.35. The Morgan fingerprint density at radius 2 is 1.97 bits per heavy atom. The fourth-order valence-electron chi connectivity index (χ4n) is 3.56. The van der Waals surface area contributed by atoms with Gasteiger partial charge in [-0.15, -0.1) is 0 Å². The summed E-state index contributed by atoms with van der Waals surface area (Å²) < 4.78 is 5.24. The number of H-pyrrole nitrogens is 1. The summed E-state index contributed by atoms with van der Waals surface area (Å²) in [5.41, 5.74) is 4.63. The fraction of sp³-hybridized carbons (Fsp3) is 0.231. The Labute approximate surface area is 198 Å². The molecule has 2 heterocycles. The molecule has 4 aromatic rings. The van der Waals surface area contributed by atoms with Gasteiger partial charge in [0.15, 0.2) is 5.65 Å². The van der Waals surface area contributed by atoms with Crippen LogP contribution in [0.4, 0.5) is 10.5 Å². The van der Waals surface area contributed by atoms with E-state index in [2.05, 4.69) is 31.9 Å². The Kier molecular flexibility index (Phi) is 6.74. The lowest BCUT2D eigenvalue weighted by atomic mass is 9.84. The van der Waals surface area contributed by atoms with Gasteiger partial charge in [0.2, 0.25) is 0 Å². The normalized spacial score (nSPS) is 11.1. The van der Waals surface area contributed by atoms with Crippen molar-refractivity contribution in [1.82, 2.24) is 20.5 Å². The molecular formula is C26H26N6O2. The second-order valence-corrected chi connectivity index (χ2v) is 8.44. The first kappa shape index (κ1) is 22.8. The number of pyridine rings is 1. The van der Waals surface area contributed by atoms with E-state index in [-0.39, 0.29) is 6.61 Å². The third kappa shape index (κ3) is 5.33. The van der Waals surface area contributed by atoms with Gasteiger partial charge in [0.25, 0.3) is 0 Å². The van der Waals surface area contributed by atoms with Crippen LogP contribution in [0.2, 0.25) is 0 Å². The molecule has 0 radical (unpaired) electrons. The minimum atomic E-state index is -0.672. The summed E-state index contributed by atoms with van der Waals surface area (Å²) in [6.07, 6.45) is 3.01. The van der Waals surface area contributed by atoms with Crippen molar-refractivity contribution in [3.8, 4) is 17.2 Å².